The van der Waals surface area contributed by atoms with Crippen LogP contribution in [0.25, 0.3) is 22.1 Å². The zero-order valence-electron chi connectivity index (χ0n) is 17.5. The first-order valence-corrected chi connectivity index (χ1v) is 10.8. The number of carbonyl (C=O) groups excluding carboxylic acids is 1. The number of para-hydroxylation sites is 2. The van der Waals surface area contributed by atoms with E-state index >= 15 is 0 Å². The molecule has 7 nitrogen and oxygen atoms in total. The Hall–Kier alpha value is -3.48. The highest BCUT2D eigenvalue weighted by atomic mass is 16.2. The van der Waals surface area contributed by atoms with Gasteiger partial charge in [0.1, 0.15) is 11.5 Å². The zero-order valence-corrected chi connectivity index (χ0v) is 17.5. The molecule has 1 saturated heterocycles. The van der Waals surface area contributed by atoms with Crippen molar-refractivity contribution in [1.82, 2.24) is 24.8 Å². The van der Waals surface area contributed by atoms with Crippen LogP contribution in [-0.2, 0) is 11.2 Å². The number of piperidine rings is 1. The number of amides is 1. The zero-order chi connectivity index (χ0) is 21.4. The topological polar surface area (TPSA) is 94.7 Å². The molecule has 0 spiro atoms. The molecule has 31 heavy (non-hydrogen) atoms. The number of nitrogens with zero attached hydrogens (tertiary/aromatic N) is 3. The lowest BCUT2D eigenvalue weighted by molar-refractivity contribution is -0.132. The summed E-state index contributed by atoms with van der Waals surface area (Å²) in [6, 6.07) is 13.7. The molecule has 1 aliphatic heterocycles. The molecule has 1 aliphatic rings. The van der Waals surface area contributed by atoms with E-state index in [1.807, 2.05) is 35.2 Å². The van der Waals surface area contributed by atoms with E-state index in [4.69, 9.17) is 4.98 Å². The van der Waals surface area contributed by atoms with E-state index < -0.39 is 0 Å². The van der Waals surface area contributed by atoms with Crippen molar-refractivity contribution in [3.05, 3.63) is 69.9 Å². The lowest BCUT2D eigenvalue weighted by atomic mass is 9.96. The molecule has 2 aromatic heterocycles. The van der Waals surface area contributed by atoms with E-state index in [-0.39, 0.29) is 11.5 Å². The van der Waals surface area contributed by atoms with E-state index in [0.717, 1.165) is 35.2 Å². The van der Waals surface area contributed by atoms with Gasteiger partial charge >= 0.3 is 0 Å². The number of aryl methyl sites for hydroxylation is 2. The van der Waals surface area contributed by atoms with Crippen molar-refractivity contribution >= 4 is 28.0 Å². The summed E-state index contributed by atoms with van der Waals surface area (Å²) in [5.74, 6) is 1.43. The van der Waals surface area contributed by atoms with Crippen molar-refractivity contribution in [2.75, 3.05) is 13.1 Å². The monoisotopic (exact) mass is 415 g/mol. The quantitative estimate of drug-likeness (QED) is 0.534. The Bertz CT molecular complexity index is 1310. The van der Waals surface area contributed by atoms with Crippen LogP contribution in [0.3, 0.4) is 0 Å². The summed E-state index contributed by atoms with van der Waals surface area (Å²) < 4.78 is 0. The highest BCUT2D eigenvalue weighted by Gasteiger charge is 2.25. The lowest BCUT2D eigenvalue weighted by Gasteiger charge is -2.31. The third-order valence-electron chi connectivity index (χ3n) is 6.14. The fourth-order valence-corrected chi connectivity index (χ4v) is 4.36. The van der Waals surface area contributed by atoms with Gasteiger partial charge in [-0.25, -0.2) is 9.97 Å². The largest absolute Gasteiger partial charge is 0.343 e. The molecule has 7 heteroatoms. The molecule has 0 aliphatic carbocycles. The Kier molecular flexibility index (Phi) is 5.02. The number of hydrogen-bond donors (Lipinski definition) is 2. The van der Waals surface area contributed by atoms with E-state index in [0.29, 0.717) is 43.1 Å². The van der Waals surface area contributed by atoms with Crippen LogP contribution in [0.4, 0.5) is 0 Å². The number of aromatic amines is 2. The number of rotatable bonds is 4. The van der Waals surface area contributed by atoms with Gasteiger partial charge in [-0.3, -0.25) is 9.59 Å². The van der Waals surface area contributed by atoms with Gasteiger partial charge in [0.05, 0.1) is 22.1 Å². The number of likely N-dealkylation sites (tertiary alicyclic amines) is 1. The average Bonchev–Trinajstić information content (AvgIpc) is 3.20. The fraction of sp³-hybridized carbons (Fsp3) is 0.333. The Balaban J connectivity index is 1.20. The van der Waals surface area contributed by atoms with Gasteiger partial charge in [-0.2, -0.15) is 0 Å². The molecule has 2 N–H and O–H groups in total. The molecule has 158 valence electrons. The van der Waals surface area contributed by atoms with Crippen molar-refractivity contribution in [2.45, 2.75) is 38.5 Å². The predicted octanol–water partition coefficient (Wildman–Crippen LogP) is 3.45. The van der Waals surface area contributed by atoms with Crippen molar-refractivity contribution in [3.63, 3.8) is 0 Å². The van der Waals surface area contributed by atoms with Crippen LogP contribution in [0.2, 0.25) is 0 Å². The number of imidazole rings is 1. The molecule has 4 aromatic rings. The number of benzene rings is 2. The molecular formula is C24H25N5O2. The summed E-state index contributed by atoms with van der Waals surface area (Å²) in [6.45, 7) is 3.49. The maximum atomic E-state index is 12.7. The number of aromatic nitrogens is 4. The molecule has 3 heterocycles. The van der Waals surface area contributed by atoms with Gasteiger partial charge in [-0.1, -0.05) is 18.2 Å². The first-order chi connectivity index (χ1) is 15.1. The Morgan fingerprint density at radius 3 is 2.65 bits per heavy atom. The maximum Gasteiger partial charge on any atom is 0.270 e. The maximum absolute atomic E-state index is 12.7. The molecule has 0 bridgehead atoms. The second-order valence-electron chi connectivity index (χ2n) is 8.33. The molecule has 2 aromatic carbocycles. The van der Waals surface area contributed by atoms with Gasteiger partial charge in [0.15, 0.2) is 0 Å². The molecule has 5 rings (SSSR count). The third kappa shape index (κ3) is 3.95. The summed E-state index contributed by atoms with van der Waals surface area (Å²) in [5.41, 5.74) is 4.93. The Morgan fingerprint density at radius 2 is 1.81 bits per heavy atom. The number of carbonyl (C=O) groups is 1. The van der Waals surface area contributed by atoms with E-state index in [2.05, 4.69) is 34.0 Å². The van der Waals surface area contributed by atoms with E-state index in [1.54, 1.807) is 0 Å². The lowest BCUT2D eigenvalue weighted by Crippen LogP contribution is -2.38. The second kappa shape index (κ2) is 7.98. The standard InChI is InChI=1S/C24H25N5O2/c1-15-6-7-19-21(14-15)27-23(26-19)16-10-12-29(13-11-16)22(30)9-8-20-24(31)28-18-5-3-2-4-17(18)25-20/h2-7,14,16H,8-13H2,1H3,(H,26,27)(H,28,31). The van der Waals surface area contributed by atoms with Crippen LogP contribution in [0.15, 0.2) is 47.3 Å². The number of hydrogen-bond acceptors (Lipinski definition) is 4. The Labute approximate surface area is 179 Å². The van der Waals surface area contributed by atoms with Crippen LogP contribution in [0.5, 0.6) is 0 Å². The van der Waals surface area contributed by atoms with Gasteiger partial charge in [0.25, 0.3) is 5.56 Å². The SMILES string of the molecule is Cc1ccc2nc(C3CCN(C(=O)CCc4nc5ccccc5[nH]c4=O)CC3)[nH]c2c1. The van der Waals surface area contributed by atoms with Crippen LogP contribution >= 0.6 is 0 Å². The molecule has 0 radical (unpaired) electrons. The molecule has 0 atom stereocenters. The molecular weight excluding hydrogens is 390 g/mol. The van der Waals surface area contributed by atoms with Crippen LogP contribution in [-0.4, -0.2) is 43.8 Å². The van der Waals surface area contributed by atoms with E-state index in [9.17, 15) is 9.59 Å². The summed E-state index contributed by atoms with van der Waals surface area (Å²) in [6.07, 6.45) is 2.42. The average molecular weight is 415 g/mol. The van der Waals surface area contributed by atoms with Crippen LogP contribution in [0, 0.1) is 6.92 Å². The minimum Gasteiger partial charge on any atom is -0.343 e. The normalized spacial score (nSPS) is 15.1. The van der Waals surface area contributed by atoms with Gasteiger partial charge in [0, 0.05) is 31.8 Å². The predicted molar refractivity (Wildman–Crippen MR) is 120 cm³/mol. The summed E-state index contributed by atoms with van der Waals surface area (Å²) in [7, 11) is 0. The summed E-state index contributed by atoms with van der Waals surface area (Å²) >= 11 is 0. The van der Waals surface area contributed by atoms with Crippen molar-refractivity contribution < 1.29 is 4.79 Å². The highest BCUT2D eigenvalue weighted by molar-refractivity contribution is 5.77. The van der Waals surface area contributed by atoms with E-state index in [1.165, 1.54) is 5.56 Å². The van der Waals surface area contributed by atoms with Gasteiger partial charge in [0.2, 0.25) is 5.91 Å². The van der Waals surface area contributed by atoms with Crippen molar-refractivity contribution in [3.8, 4) is 0 Å². The summed E-state index contributed by atoms with van der Waals surface area (Å²) in [4.78, 5) is 42.4. The third-order valence-corrected chi connectivity index (χ3v) is 6.14. The number of fused-ring (bicyclic) bond motifs is 2. The number of nitrogens with one attached hydrogen (secondary N) is 2. The Morgan fingerprint density at radius 1 is 1.03 bits per heavy atom. The number of H-pyrrole nitrogens is 2. The minimum absolute atomic E-state index is 0.0769. The minimum atomic E-state index is -0.217. The first kappa shape index (κ1) is 19.5. The highest BCUT2D eigenvalue weighted by Crippen LogP contribution is 2.28. The van der Waals surface area contributed by atoms with Crippen LogP contribution < -0.4 is 5.56 Å². The molecule has 0 unspecified atom stereocenters. The van der Waals surface area contributed by atoms with Gasteiger partial charge in [-0.05, 0) is 49.6 Å². The molecule has 1 amide bonds. The summed E-state index contributed by atoms with van der Waals surface area (Å²) in [5, 5.41) is 0. The first-order valence-electron chi connectivity index (χ1n) is 10.8. The fourth-order valence-electron chi connectivity index (χ4n) is 4.36. The van der Waals surface area contributed by atoms with Crippen molar-refractivity contribution in [1.29, 1.82) is 0 Å². The molecule has 0 saturated carbocycles. The van der Waals surface area contributed by atoms with Crippen LogP contribution in [0.1, 0.15) is 42.3 Å². The molecule has 1 fully saturated rings. The van der Waals surface area contributed by atoms with Gasteiger partial charge in [-0.15, -0.1) is 0 Å². The smallest absolute Gasteiger partial charge is 0.270 e. The van der Waals surface area contributed by atoms with Gasteiger partial charge < -0.3 is 14.9 Å². The van der Waals surface area contributed by atoms with Crippen molar-refractivity contribution in [2.24, 2.45) is 0 Å². The second-order valence-corrected chi connectivity index (χ2v) is 8.33.